The smallest absolute Gasteiger partial charge is 0.310 e. The summed E-state index contributed by atoms with van der Waals surface area (Å²) >= 11 is 7.86. The van der Waals surface area contributed by atoms with E-state index in [1.807, 2.05) is 63.3 Å². The molecule has 0 bridgehead atoms. The van der Waals surface area contributed by atoms with Crippen LogP contribution in [0.2, 0.25) is 0 Å². The van der Waals surface area contributed by atoms with E-state index >= 15 is 0 Å². The molecule has 0 N–H and O–H groups in total. The molecule has 2 nitrogen and oxygen atoms in total. The molecule has 0 amide bonds. The van der Waals surface area contributed by atoms with Crippen molar-refractivity contribution >= 4 is 29.3 Å². The van der Waals surface area contributed by atoms with E-state index in [4.69, 9.17) is 16.3 Å². The first kappa shape index (κ1) is 20.6. The van der Waals surface area contributed by atoms with Gasteiger partial charge in [0.25, 0.3) is 0 Å². The third-order valence-corrected chi connectivity index (χ3v) is 4.71. The number of carbonyl (C=O) groups is 1. The largest absolute Gasteiger partial charge is 0.466 e. The third-order valence-electron chi connectivity index (χ3n) is 3.29. The molecule has 0 radical (unpaired) electrons. The van der Waals surface area contributed by atoms with Gasteiger partial charge in [0.1, 0.15) is 0 Å². The molecule has 0 aliphatic rings. The molecule has 0 spiro atoms. The SMILES string of the molecule is C=C(C)/C=C\C(CC(CSc1ccccc1)C(=O)OCC)=C(/C)Cl. The number of ether oxygens (including phenoxy) is 1. The van der Waals surface area contributed by atoms with E-state index in [2.05, 4.69) is 6.58 Å². The Morgan fingerprint density at radius 2 is 1.96 bits per heavy atom. The van der Waals surface area contributed by atoms with Gasteiger partial charge in [-0.15, -0.1) is 11.8 Å². The Labute approximate surface area is 154 Å². The van der Waals surface area contributed by atoms with Gasteiger partial charge in [-0.2, -0.15) is 0 Å². The maximum atomic E-state index is 12.3. The van der Waals surface area contributed by atoms with Crippen LogP contribution in [0.15, 0.2) is 70.1 Å². The number of carbonyl (C=O) groups excluding carboxylic acids is 1. The average Bonchev–Trinajstić information content (AvgIpc) is 2.54. The van der Waals surface area contributed by atoms with Gasteiger partial charge in [-0.05, 0) is 44.9 Å². The van der Waals surface area contributed by atoms with Crippen LogP contribution in [0.25, 0.3) is 0 Å². The van der Waals surface area contributed by atoms with E-state index in [0.29, 0.717) is 23.8 Å². The Kier molecular flexibility index (Phi) is 9.58. The fraction of sp³-hybridized carbons (Fsp3) is 0.350. The van der Waals surface area contributed by atoms with Crippen molar-refractivity contribution in [3.63, 3.8) is 0 Å². The summed E-state index contributed by atoms with van der Waals surface area (Å²) in [7, 11) is 0. The first-order valence-corrected chi connectivity index (χ1v) is 9.33. The van der Waals surface area contributed by atoms with Gasteiger partial charge in [-0.1, -0.05) is 54.1 Å². The van der Waals surface area contributed by atoms with Gasteiger partial charge in [-0.25, -0.2) is 0 Å². The quantitative estimate of drug-likeness (QED) is 0.305. The van der Waals surface area contributed by atoms with Gasteiger partial charge in [0.2, 0.25) is 0 Å². The molecule has 4 heteroatoms. The maximum absolute atomic E-state index is 12.3. The highest BCUT2D eigenvalue weighted by molar-refractivity contribution is 7.99. The molecule has 0 aliphatic carbocycles. The normalized spacial score (nSPS) is 13.5. The monoisotopic (exact) mass is 364 g/mol. The van der Waals surface area contributed by atoms with Crippen molar-refractivity contribution < 1.29 is 9.53 Å². The zero-order chi connectivity index (χ0) is 17.9. The molecule has 24 heavy (non-hydrogen) atoms. The zero-order valence-electron chi connectivity index (χ0n) is 14.5. The number of hydrogen-bond donors (Lipinski definition) is 0. The van der Waals surface area contributed by atoms with Crippen molar-refractivity contribution in [2.45, 2.75) is 32.1 Å². The first-order valence-electron chi connectivity index (χ1n) is 7.97. The van der Waals surface area contributed by atoms with Gasteiger partial charge < -0.3 is 4.74 Å². The lowest BCUT2D eigenvalue weighted by Gasteiger charge is -2.16. The van der Waals surface area contributed by atoms with Crippen LogP contribution in [0, 0.1) is 5.92 Å². The second-order valence-corrected chi connectivity index (χ2v) is 7.18. The van der Waals surface area contributed by atoms with Gasteiger partial charge in [0.05, 0.1) is 12.5 Å². The Bertz CT molecular complexity index is 601. The molecule has 0 aliphatic heterocycles. The number of allylic oxidation sites excluding steroid dienone is 5. The fourth-order valence-electron chi connectivity index (χ4n) is 2.02. The summed E-state index contributed by atoms with van der Waals surface area (Å²) < 4.78 is 5.24. The van der Waals surface area contributed by atoms with Crippen molar-refractivity contribution in [1.29, 1.82) is 0 Å². The predicted octanol–water partition coefficient (Wildman–Crippen LogP) is 5.99. The van der Waals surface area contributed by atoms with Crippen molar-refractivity contribution in [2.24, 2.45) is 5.92 Å². The summed E-state index contributed by atoms with van der Waals surface area (Å²) in [5.74, 6) is 0.228. The Balaban J connectivity index is 2.86. The minimum absolute atomic E-state index is 0.180. The summed E-state index contributed by atoms with van der Waals surface area (Å²) in [5, 5.41) is 0.687. The minimum Gasteiger partial charge on any atom is -0.466 e. The summed E-state index contributed by atoms with van der Waals surface area (Å²) in [6.45, 7) is 9.82. The standard InChI is InChI=1S/C20H25ClO2S/c1-5-23-20(22)18(14-24-19-9-7-6-8-10-19)13-17(16(4)21)12-11-15(2)3/h6-12,18H,2,5,13-14H2,1,3-4H3/b12-11-,17-16-. The molecule has 0 fully saturated rings. The first-order chi connectivity index (χ1) is 11.4. The lowest BCUT2D eigenvalue weighted by atomic mass is 10.00. The molecule has 0 aromatic heterocycles. The minimum atomic E-state index is -0.242. The van der Waals surface area contributed by atoms with Gasteiger partial charge in [-0.3, -0.25) is 4.79 Å². The van der Waals surface area contributed by atoms with Crippen LogP contribution in [-0.2, 0) is 9.53 Å². The Morgan fingerprint density at radius 1 is 1.29 bits per heavy atom. The molecular formula is C20H25ClO2S. The molecule has 1 atom stereocenters. The highest BCUT2D eigenvalue weighted by Gasteiger charge is 2.21. The van der Waals surface area contributed by atoms with E-state index in [9.17, 15) is 4.79 Å². The van der Waals surface area contributed by atoms with E-state index in [1.54, 1.807) is 11.8 Å². The second kappa shape index (κ2) is 11.2. The van der Waals surface area contributed by atoms with Crippen molar-refractivity contribution in [2.75, 3.05) is 12.4 Å². The summed E-state index contributed by atoms with van der Waals surface area (Å²) in [4.78, 5) is 13.5. The molecule has 1 aromatic rings. The van der Waals surface area contributed by atoms with Crippen LogP contribution in [0.4, 0.5) is 0 Å². The van der Waals surface area contributed by atoms with E-state index < -0.39 is 0 Å². The van der Waals surface area contributed by atoms with E-state index in [1.165, 1.54) is 0 Å². The highest BCUT2D eigenvalue weighted by atomic mass is 35.5. The van der Waals surface area contributed by atoms with Gasteiger partial charge in [0, 0.05) is 15.7 Å². The molecule has 0 saturated heterocycles. The van der Waals surface area contributed by atoms with Crippen molar-refractivity contribution in [1.82, 2.24) is 0 Å². The zero-order valence-corrected chi connectivity index (χ0v) is 16.1. The number of esters is 1. The van der Waals surface area contributed by atoms with Gasteiger partial charge in [0.15, 0.2) is 0 Å². The van der Waals surface area contributed by atoms with Crippen LogP contribution in [0.3, 0.4) is 0 Å². The topological polar surface area (TPSA) is 26.3 Å². The lowest BCUT2D eigenvalue weighted by molar-refractivity contribution is -0.147. The van der Waals surface area contributed by atoms with Crippen LogP contribution in [0.1, 0.15) is 27.2 Å². The van der Waals surface area contributed by atoms with Crippen LogP contribution in [-0.4, -0.2) is 18.3 Å². The average molecular weight is 365 g/mol. The second-order valence-electron chi connectivity index (χ2n) is 5.52. The number of rotatable bonds is 9. The predicted molar refractivity (Wildman–Crippen MR) is 104 cm³/mol. The van der Waals surface area contributed by atoms with Crippen LogP contribution < -0.4 is 0 Å². The van der Waals surface area contributed by atoms with E-state index in [-0.39, 0.29) is 11.9 Å². The Hall–Kier alpha value is -1.45. The molecular weight excluding hydrogens is 340 g/mol. The molecule has 0 heterocycles. The fourth-order valence-corrected chi connectivity index (χ4v) is 3.15. The summed E-state index contributed by atoms with van der Waals surface area (Å²) in [6.07, 6.45) is 4.40. The number of halogens is 1. The van der Waals surface area contributed by atoms with Crippen molar-refractivity contribution in [3.8, 4) is 0 Å². The summed E-state index contributed by atoms with van der Waals surface area (Å²) in [5.41, 5.74) is 1.88. The van der Waals surface area contributed by atoms with Gasteiger partial charge >= 0.3 is 5.97 Å². The highest BCUT2D eigenvalue weighted by Crippen LogP contribution is 2.27. The lowest BCUT2D eigenvalue weighted by Crippen LogP contribution is -2.20. The van der Waals surface area contributed by atoms with E-state index in [0.717, 1.165) is 16.0 Å². The van der Waals surface area contributed by atoms with Crippen LogP contribution >= 0.6 is 23.4 Å². The number of thioether (sulfide) groups is 1. The molecule has 130 valence electrons. The van der Waals surface area contributed by atoms with Crippen LogP contribution in [0.5, 0.6) is 0 Å². The summed E-state index contributed by atoms with van der Waals surface area (Å²) in [6, 6.07) is 10.0. The molecule has 0 saturated carbocycles. The molecule has 1 aromatic carbocycles. The third kappa shape index (κ3) is 7.89. The number of hydrogen-bond acceptors (Lipinski definition) is 3. The number of benzene rings is 1. The van der Waals surface area contributed by atoms with Crippen molar-refractivity contribution in [3.05, 3.63) is 65.2 Å². The molecule has 1 unspecified atom stereocenters. The molecule has 1 rings (SSSR count). The maximum Gasteiger partial charge on any atom is 0.310 e. The Morgan fingerprint density at radius 3 is 2.50 bits per heavy atom.